The van der Waals surface area contributed by atoms with Gasteiger partial charge in [0.2, 0.25) is 11.8 Å². The average molecular weight is 238 g/mol. The second kappa shape index (κ2) is 4.67. The Morgan fingerprint density at radius 2 is 2.18 bits per heavy atom. The first-order chi connectivity index (χ1) is 8.10. The molecule has 4 nitrogen and oxygen atoms in total. The summed E-state index contributed by atoms with van der Waals surface area (Å²) < 4.78 is 0. The highest BCUT2D eigenvalue weighted by Gasteiger charge is 2.40. The number of carbonyl (C=O) groups is 2. The lowest BCUT2D eigenvalue weighted by Crippen LogP contribution is -2.37. The molecule has 2 amide bonds. The van der Waals surface area contributed by atoms with Crippen LogP contribution in [-0.4, -0.2) is 36.3 Å². The van der Waals surface area contributed by atoms with Crippen LogP contribution in [0, 0.1) is 11.3 Å². The van der Waals surface area contributed by atoms with Crippen molar-refractivity contribution in [2.24, 2.45) is 11.3 Å². The van der Waals surface area contributed by atoms with Crippen LogP contribution in [0.2, 0.25) is 0 Å². The summed E-state index contributed by atoms with van der Waals surface area (Å²) in [6.45, 7) is 6.68. The zero-order valence-electron chi connectivity index (χ0n) is 10.8. The first-order valence-corrected chi connectivity index (χ1v) is 6.66. The van der Waals surface area contributed by atoms with Crippen molar-refractivity contribution in [3.8, 4) is 0 Å². The normalized spacial score (nSPS) is 27.3. The number of hydrogen-bond donors (Lipinski definition) is 1. The van der Waals surface area contributed by atoms with Gasteiger partial charge in [-0.05, 0) is 24.7 Å². The van der Waals surface area contributed by atoms with Gasteiger partial charge in [0.05, 0.1) is 5.92 Å². The number of rotatable bonds is 3. The molecule has 2 aliphatic heterocycles. The van der Waals surface area contributed by atoms with Gasteiger partial charge in [-0.15, -0.1) is 0 Å². The van der Waals surface area contributed by atoms with E-state index in [1.165, 1.54) is 0 Å². The van der Waals surface area contributed by atoms with Crippen LogP contribution in [0.25, 0.3) is 0 Å². The summed E-state index contributed by atoms with van der Waals surface area (Å²) in [5, 5.41) is 2.74. The summed E-state index contributed by atoms with van der Waals surface area (Å²) in [5.41, 5.74) is 0.325. The van der Waals surface area contributed by atoms with E-state index in [-0.39, 0.29) is 17.7 Å². The lowest BCUT2D eigenvalue weighted by molar-refractivity contribution is -0.135. The Labute approximate surface area is 103 Å². The minimum absolute atomic E-state index is 0.0137. The maximum Gasteiger partial charge on any atom is 0.228 e. The van der Waals surface area contributed by atoms with E-state index in [9.17, 15) is 9.59 Å². The molecule has 0 aromatic carbocycles. The molecule has 1 N–H and O–H groups in total. The molecule has 0 radical (unpaired) electrons. The molecule has 0 saturated carbocycles. The van der Waals surface area contributed by atoms with Gasteiger partial charge in [0.1, 0.15) is 0 Å². The summed E-state index contributed by atoms with van der Waals surface area (Å²) in [6, 6.07) is 0. The molecule has 0 aliphatic carbocycles. The molecule has 2 aliphatic rings. The van der Waals surface area contributed by atoms with E-state index in [4.69, 9.17) is 0 Å². The van der Waals surface area contributed by atoms with E-state index < -0.39 is 0 Å². The second-order valence-electron chi connectivity index (χ2n) is 5.42. The molecule has 96 valence electrons. The molecule has 0 aromatic rings. The van der Waals surface area contributed by atoms with E-state index >= 15 is 0 Å². The van der Waals surface area contributed by atoms with Crippen LogP contribution in [0.1, 0.15) is 39.5 Å². The van der Waals surface area contributed by atoms with Crippen molar-refractivity contribution in [2.75, 3.05) is 19.6 Å². The van der Waals surface area contributed by atoms with Gasteiger partial charge in [0.15, 0.2) is 0 Å². The second-order valence-corrected chi connectivity index (χ2v) is 5.42. The molecular formula is C13H22N2O2. The SMILES string of the molecule is CCC1(CC)CCN(C(=O)C2CNC(=O)C2)C1. The van der Waals surface area contributed by atoms with E-state index in [1.54, 1.807) is 0 Å². The summed E-state index contributed by atoms with van der Waals surface area (Å²) in [6.07, 6.45) is 3.75. The van der Waals surface area contributed by atoms with Crippen molar-refractivity contribution in [3.05, 3.63) is 0 Å². The Morgan fingerprint density at radius 3 is 2.65 bits per heavy atom. The molecule has 0 aromatic heterocycles. The minimum Gasteiger partial charge on any atom is -0.355 e. The fourth-order valence-corrected chi connectivity index (χ4v) is 2.99. The minimum atomic E-state index is -0.119. The lowest BCUT2D eigenvalue weighted by Gasteiger charge is -2.27. The van der Waals surface area contributed by atoms with Crippen molar-refractivity contribution in [1.29, 1.82) is 0 Å². The van der Waals surface area contributed by atoms with Gasteiger partial charge in [-0.3, -0.25) is 9.59 Å². The predicted octanol–water partition coefficient (Wildman–Crippen LogP) is 1.16. The predicted molar refractivity (Wildman–Crippen MR) is 65.3 cm³/mol. The molecule has 4 heteroatoms. The molecule has 2 rings (SSSR count). The molecule has 0 spiro atoms. The van der Waals surface area contributed by atoms with E-state index in [0.717, 1.165) is 32.4 Å². The number of nitrogens with zero attached hydrogens (tertiary/aromatic N) is 1. The van der Waals surface area contributed by atoms with Crippen molar-refractivity contribution in [1.82, 2.24) is 10.2 Å². The summed E-state index contributed by atoms with van der Waals surface area (Å²) in [4.78, 5) is 25.3. The van der Waals surface area contributed by atoms with E-state index in [0.29, 0.717) is 18.4 Å². The van der Waals surface area contributed by atoms with E-state index in [2.05, 4.69) is 19.2 Å². The molecular weight excluding hydrogens is 216 g/mol. The highest BCUT2D eigenvalue weighted by molar-refractivity contribution is 5.89. The van der Waals surface area contributed by atoms with Crippen molar-refractivity contribution in [2.45, 2.75) is 39.5 Å². The van der Waals surface area contributed by atoms with Gasteiger partial charge >= 0.3 is 0 Å². The number of amides is 2. The number of likely N-dealkylation sites (tertiary alicyclic amines) is 1. The van der Waals surface area contributed by atoms with Gasteiger partial charge in [-0.1, -0.05) is 13.8 Å². The molecule has 17 heavy (non-hydrogen) atoms. The van der Waals surface area contributed by atoms with Crippen molar-refractivity contribution < 1.29 is 9.59 Å². The smallest absolute Gasteiger partial charge is 0.228 e. The number of nitrogens with one attached hydrogen (secondary N) is 1. The van der Waals surface area contributed by atoms with Crippen LogP contribution in [-0.2, 0) is 9.59 Å². The zero-order chi connectivity index (χ0) is 12.5. The molecule has 0 bridgehead atoms. The molecule has 2 heterocycles. The Morgan fingerprint density at radius 1 is 1.47 bits per heavy atom. The highest BCUT2D eigenvalue weighted by Crippen LogP contribution is 2.37. The van der Waals surface area contributed by atoms with Gasteiger partial charge in [-0.25, -0.2) is 0 Å². The largest absolute Gasteiger partial charge is 0.355 e. The van der Waals surface area contributed by atoms with Gasteiger partial charge in [0.25, 0.3) is 0 Å². The first kappa shape index (κ1) is 12.4. The Bertz CT molecular complexity index is 323. The van der Waals surface area contributed by atoms with Crippen LogP contribution in [0.3, 0.4) is 0 Å². The van der Waals surface area contributed by atoms with Crippen LogP contribution < -0.4 is 5.32 Å². The topological polar surface area (TPSA) is 49.4 Å². The summed E-state index contributed by atoms with van der Waals surface area (Å²) in [5.74, 6) is 0.0685. The Kier molecular flexibility index (Phi) is 3.40. The fraction of sp³-hybridized carbons (Fsp3) is 0.846. The van der Waals surface area contributed by atoms with Crippen molar-refractivity contribution >= 4 is 11.8 Å². The fourth-order valence-electron chi connectivity index (χ4n) is 2.99. The summed E-state index contributed by atoms with van der Waals surface area (Å²) >= 11 is 0. The Balaban J connectivity index is 1.96. The standard InChI is InChI=1S/C13H22N2O2/c1-3-13(4-2)5-6-15(9-13)12(17)10-7-11(16)14-8-10/h10H,3-9H2,1-2H3,(H,14,16). The number of hydrogen-bond acceptors (Lipinski definition) is 2. The number of carbonyl (C=O) groups excluding carboxylic acids is 2. The van der Waals surface area contributed by atoms with Crippen LogP contribution in [0.4, 0.5) is 0 Å². The van der Waals surface area contributed by atoms with Crippen LogP contribution in [0.5, 0.6) is 0 Å². The van der Waals surface area contributed by atoms with Gasteiger partial charge in [-0.2, -0.15) is 0 Å². The highest BCUT2D eigenvalue weighted by atomic mass is 16.2. The molecule has 2 saturated heterocycles. The van der Waals surface area contributed by atoms with Gasteiger partial charge < -0.3 is 10.2 Å². The quantitative estimate of drug-likeness (QED) is 0.802. The van der Waals surface area contributed by atoms with Crippen LogP contribution >= 0.6 is 0 Å². The first-order valence-electron chi connectivity index (χ1n) is 6.66. The lowest BCUT2D eigenvalue weighted by atomic mass is 9.82. The summed E-state index contributed by atoms with van der Waals surface area (Å²) in [7, 11) is 0. The average Bonchev–Trinajstić information content (AvgIpc) is 2.95. The maximum atomic E-state index is 12.2. The molecule has 1 atom stereocenters. The third kappa shape index (κ3) is 2.31. The van der Waals surface area contributed by atoms with Crippen molar-refractivity contribution in [3.63, 3.8) is 0 Å². The third-order valence-corrected chi connectivity index (χ3v) is 4.58. The Hall–Kier alpha value is -1.06. The monoisotopic (exact) mass is 238 g/mol. The maximum absolute atomic E-state index is 12.2. The van der Waals surface area contributed by atoms with Crippen LogP contribution in [0.15, 0.2) is 0 Å². The third-order valence-electron chi connectivity index (χ3n) is 4.58. The molecule has 1 unspecified atom stereocenters. The van der Waals surface area contributed by atoms with Gasteiger partial charge in [0, 0.05) is 26.1 Å². The van der Waals surface area contributed by atoms with E-state index in [1.807, 2.05) is 4.90 Å². The molecule has 2 fully saturated rings. The zero-order valence-corrected chi connectivity index (χ0v) is 10.8.